The second-order valence-corrected chi connectivity index (χ2v) is 3.05. The van der Waals surface area contributed by atoms with Crippen molar-refractivity contribution in [3.63, 3.8) is 0 Å². The van der Waals surface area contributed by atoms with Crippen molar-refractivity contribution in [1.29, 1.82) is 0 Å². The third kappa shape index (κ3) is 9.05. The van der Waals surface area contributed by atoms with Gasteiger partial charge < -0.3 is 14.8 Å². The molecule has 0 fully saturated rings. The highest BCUT2D eigenvalue weighted by Gasteiger charge is 2.06. The van der Waals surface area contributed by atoms with Gasteiger partial charge in [-0.25, -0.2) is 0 Å². The van der Waals surface area contributed by atoms with Crippen LogP contribution in [-0.4, -0.2) is 31.6 Å². The summed E-state index contributed by atoms with van der Waals surface area (Å²) in [4.78, 5) is 22.1. The number of esters is 1. The van der Waals surface area contributed by atoms with E-state index in [2.05, 4.69) is 11.9 Å². The molecule has 0 unspecified atom stereocenters. The van der Waals surface area contributed by atoms with E-state index in [9.17, 15) is 9.59 Å². The molecule has 0 rings (SSSR count). The second-order valence-electron chi connectivity index (χ2n) is 3.05. The summed E-state index contributed by atoms with van der Waals surface area (Å²) >= 11 is 0. The largest absolute Gasteiger partial charge is 0.502 e. The number of amides is 1. The molecular weight excluding hydrogens is 210 g/mol. The molecule has 92 valence electrons. The summed E-state index contributed by atoms with van der Waals surface area (Å²) in [5, 5.41) is 2.68. The maximum Gasteiger partial charge on any atom is 0.306 e. The minimum atomic E-state index is -0.340. The monoisotopic (exact) mass is 229 g/mol. The first-order valence-corrected chi connectivity index (χ1v) is 5.35. The van der Waals surface area contributed by atoms with Crippen LogP contribution >= 0.6 is 0 Å². The summed E-state index contributed by atoms with van der Waals surface area (Å²) in [5.74, 6) is -0.487. The van der Waals surface area contributed by atoms with Gasteiger partial charge >= 0.3 is 5.97 Å². The van der Waals surface area contributed by atoms with E-state index in [1.54, 1.807) is 6.92 Å². The van der Waals surface area contributed by atoms with Gasteiger partial charge in [0.05, 0.1) is 25.9 Å². The molecule has 0 saturated carbocycles. The Morgan fingerprint density at radius 2 is 2.12 bits per heavy atom. The van der Waals surface area contributed by atoms with Crippen molar-refractivity contribution in [3.05, 3.63) is 12.8 Å². The van der Waals surface area contributed by atoms with E-state index in [1.165, 1.54) is 6.26 Å². The fourth-order valence-corrected chi connectivity index (χ4v) is 1.00. The van der Waals surface area contributed by atoms with Gasteiger partial charge in [-0.3, -0.25) is 9.59 Å². The Kier molecular flexibility index (Phi) is 9.06. The second kappa shape index (κ2) is 10.0. The third-order valence-corrected chi connectivity index (χ3v) is 1.74. The van der Waals surface area contributed by atoms with Crippen LogP contribution in [0.15, 0.2) is 12.8 Å². The molecule has 0 aromatic heterocycles. The molecule has 0 aromatic rings. The molecule has 0 aliphatic carbocycles. The predicted octanol–water partition coefficient (Wildman–Crippen LogP) is 0.996. The van der Waals surface area contributed by atoms with Crippen LogP contribution in [0.1, 0.15) is 26.2 Å². The lowest BCUT2D eigenvalue weighted by Crippen LogP contribution is -2.25. The molecule has 0 spiro atoms. The van der Waals surface area contributed by atoms with Crippen molar-refractivity contribution >= 4 is 11.9 Å². The van der Waals surface area contributed by atoms with Gasteiger partial charge in [-0.05, 0) is 13.3 Å². The van der Waals surface area contributed by atoms with E-state index < -0.39 is 0 Å². The smallest absolute Gasteiger partial charge is 0.306 e. The Morgan fingerprint density at radius 3 is 2.75 bits per heavy atom. The van der Waals surface area contributed by atoms with E-state index >= 15 is 0 Å². The van der Waals surface area contributed by atoms with E-state index in [4.69, 9.17) is 9.47 Å². The number of hydrogen-bond acceptors (Lipinski definition) is 4. The highest BCUT2D eigenvalue weighted by Crippen LogP contribution is 1.93. The number of carbonyl (C=O) groups is 2. The van der Waals surface area contributed by atoms with Crippen LogP contribution in [-0.2, 0) is 19.1 Å². The highest BCUT2D eigenvalue weighted by molar-refractivity contribution is 5.81. The van der Waals surface area contributed by atoms with Gasteiger partial charge in [-0.2, -0.15) is 0 Å². The van der Waals surface area contributed by atoms with Crippen LogP contribution in [0.25, 0.3) is 0 Å². The Bertz CT molecular complexity index is 228. The van der Waals surface area contributed by atoms with E-state index in [0.717, 1.165) is 6.42 Å². The first kappa shape index (κ1) is 14.5. The summed E-state index contributed by atoms with van der Waals surface area (Å²) < 4.78 is 9.58. The lowest BCUT2D eigenvalue weighted by molar-refractivity contribution is -0.144. The van der Waals surface area contributed by atoms with Crippen molar-refractivity contribution in [1.82, 2.24) is 5.32 Å². The van der Waals surface area contributed by atoms with Gasteiger partial charge in [0.2, 0.25) is 5.91 Å². The van der Waals surface area contributed by atoms with Crippen LogP contribution < -0.4 is 5.32 Å². The van der Waals surface area contributed by atoms with Crippen LogP contribution in [0, 0.1) is 0 Å². The maximum atomic E-state index is 11.2. The first-order valence-electron chi connectivity index (χ1n) is 5.35. The summed E-state index contributed by atoms with van der Waals surface area (Å²) in [7, 11) is 0. The third-order valence-electron chi connectivity index (χ3n) is 1.74. The van der Waals surface area contributed by atoms with Gasteiger partial charge in [0.1, 0.15) is 0 Å². The van der Waals surface area contributed by atoms with Gasteiger partial charge in [0.15, 0.2) is 0 Å². The molecule has 0 aliphatic heterocycles. The normalized spacial score (nSPS) is 9.31. The summed E-state index contributed by atoms with van der Waals surface area (Å²) in [6.07, 6.45) is 2.38. The van der Waals surface area contributed by atoms with Gasteiger partial charge in [-0.15, -0.1) is 0 Å². The molecule has 5 heteroatoms. The van der Waals surface area contributed by atoms with Crippen LogP contribution in [0.5, 0.6) is 0 Å². The van der Waals surface area contributed by atoms with E-state index in [-0.39, 0.29) is 24.7 Å². The fraction of sp³-hybridized carbons (Fsp3) is 0.636. The summed E-state index contributed by atoms with van der Waals surface area (Å²) in [5.41, 5.74) is 0. The summed E-state index contributed by atoms with van der Waals surface area (Å²) in [6, 6.07) is 0. The zero-order chi connectivity index (χ0) is 12.2. The molecule has 1 amide bonds. The molecule has 5 nitrogen and oxygen atoms in total. The molecule has 0 aliphatic rings. The molecule has 0 heterocycles. The topological polar surface area (TPSA) is 64.6 Å². The van der Waals surface area contributed by atoms with Crippen LogP contribution in [0.2, 0.25) is 0 Å². The van der Waals surface area contributed by atoms with Crippen LogP contribution in [0.4, 0.5) is 0 Å². The number of hydrogen-bond donors (Lipinski definition) is 1. The average Bonchev–Trinajstić information content (AvgIpc) is 2.26. The summed E-state index contributed by atoms with van der Waals surface area (Å²) in [6.45, 7) is 6.55. The van der Waals surface area contributed by atoms with Gasteiger partial charge in [0, 0.05) is 13.0 Å². The van der Waals surface area contributed by atoms with Crippen molar-refractivity contribution in [2.45, 2.75) is 26.2 Å². The molecule has 0 atom stereocenters. The highest BCUT2D eigenvalue weighted by atomic mass is 16.5. The lowest BCUT2D eigenvalue weighted by Gasteiger charge is -2.05. The number of carbonyl (C=O) groups excluding carboxylic acids is 2. The lowest BCUT2D eigenvalue weighted by atomic mass is 10.3. The van der Waals surface area contributed by atoms with E-state index in [0.29, 0.717) is 19.8 Å². The molecule has 1 N–H and O–H groups in total. The van der Waals surface area contributed by atoms with Crippen molar-refractivity contribution in [2.75, 3.05) is 19.8 Å². The van der Waals surface area contributed by atoms with Gasteiger partial charge in [-0.1, -0.05) is 6.58 Å². The number of ether oxygens (including phenoxy) is 2. The number of nitrogens with one attached hydrogen (secondary N) is 1. The molecule has 0 aromatic carbocycles. The minimum absolute atomic E-state index is 0.128. The van der Waals surface area contributed by atoms with E-state index in [1.807, 2.05) is 0 Å². The molecule has 0 saturated heterocycles. The molecule has 0 radical (unpaired) electrons. The zero-order valence-corrected chi connectivity index (χ0v) is 9.66. The molecule has 16 heavy (non-hydrogen) atoms. The molecule has 0 bridgehead atoms. The fourth-order valence-electron chi connectivity index (χ4n) is 1.00. The Balaban J connectivity index is 3.37. The zero-order valence-electron chi connectivity index (χ0n) is 9.66. The van der Waals surface area contributed by atoms with Crippen LogP contribution in [0.3, 0.4) is 0 Å². The Morgan fingerprint density at radius 1 is 1.38 bits per heavy atom. The van der Waals surface area contributed by atoms with Gasteiger partial charge in [0.25, 0.3) is 0 Å². The maximum absolute atomic E-state index is 11.2. The Labute approximate surface area is 95.8 Å². The predicted molar refractivity (Wildman–Crippen MR) is 59.6 cm³/mol. The van der Waals surface area contributed by atoms with Crippen molar-refractivity contribution in [2.24, 2.45) is 0 Å². The van der Waals surface area contributed by atoms with Crippen molar-refractivity contribution in [3.8, 4) is 0 Å². The minimum Gasteiger partial charge on any atom is -0.502 e. The standard InChI is InChI=1S/C11H19NO4/c1-3-15-9-5-8-12-10(13)6-7-11(14)16-4-2/h3H,1,4-9H2,2H3,(H,12,13). The first-order chi connectivity index (χ1) is 7.70. The van der Waals surface area contributed by atoms with Crippen molar-refractivity contribution < 1.29 is 19.1 Å². The average molecular weight is 229 g/mol. The number of rotatable bonds is 9. The SMILES string of the molecule is C=COCCCNC(=O)CCC(=O)OCC. The molecular formula is C11H19NO4. The Hall–Kier alpha value is -1.52. The quantitative estimate of drug-likeness (QED) is 0.364.